The molecule has 2 aliphatic rings. The fraction of sp³-hybridized carbons (Fsp3) is 0.696. The van der Waals surface area contributed by atoms with Crippen LogP contribution in [-0.4, -0.2) is 33.5 Å². The molecule has 0 amide bonds. The van der Waals surface area contributed by atoms with E-state index in [0.717, 1.165) is 32.1 Å². The van der Waals surface area contributed by atoms with Crippen molar-refractivity contribution in [3.05, 3.63) is 11.6 Å². The van der Waals surface area contributed by atoms with Crippen LogP contribution in [0.3, 0.4) is 0 Å². The highest BCUT2D eigenvalue weighted by molar-refractivity contribution is 5.66. The van der Waals surface area contributed by atoms with E-state index in [2.05, 4.69) is 29.8 Å². The van der Waals surface area contributed by atoms with E-state index >= 15 is 0 Å². The van der Waals surface area contributed by atoms with E-state index in [9.17, 15) is 15.0 Å². The van der Waals surface area contributed by atoms with Gasteiger partial charge in [0.2, 0.25) is 0 Å². The molecule has 6 atom stereocenters. The second kappa shape index (κ2) is 10.5. The second-order valence-electron chi connectivity index (χ2n) is 7.93. The highest BCUT2D eigenvalue weighted by Gasteiger charge is 2.45. The van der Waals surface area contributed by atoms with Crippen molar-refractivity contribution in [2.75, 3.05) is 0 Å². The van der Waals surface area contributed by atoms with Crippen LogP contribution in [0.15, 0.2) is 11.6 Å². The number of aliphatic hydroxyl groups excluding tert-OH is 2. The summed E-state index contributed by atoms with van der Waals surface area (Å²) in [4.78, 5) is 10.6. The summed E-state index contributed by atoms with van der Waals surface area (Å²) in [6.45, 7) is 3.95. The number of carboxylic acid groups (broad SMARTS) is 1. The lowest BCUT2D eigenvalue weighted by Crippen LogP contribution is -2.19. The van der Waals surface area contributed by atoms with E-state index in [1.165, 1.54) is 5.57 Å². The Labute approximate surface area is 163 Å². The predicted molar refractivity (Wildman–Crippen MR) is 106 cm³/mol. The molecule has 0 aromatic rings. The van der Waals surface area contributed by atoms with Crippen molar-refractivity contribution in [3.8, 4) is 23.7 Å². The van der Waals surface area contributed by atoms with E-state index in [4.69, 9.17) is 5.11 Å². The normalized spacial score (nSPS) is 30.0. The highest BCUT2D eigenvalue weighted by atomic mass is 16.4. The molecule has 4 heteroatoms. The highest BCUT2D eigenvalue weighted by Crippen LogP contribution is 2.49. The van der Waals surface area contributed by atoms with Gasteiger partial charge < -0.3 is 15.3 Å². The van der Waals surface area contributed by atoms with Gasteiger partial charge in [-0.2, -0.15) is 0 Å². The minimum atomic E-state index is -0.747. The molecule has 0 aromatic carbocycles. The van der Waals surface area contributed by atoms with Crippen LogP contribution in [0.4, 0.5) is 0 Å². The minimum Gasteiger partial charge on any atom is -0.481 e. The van der Waals surface area contributed by atoms with Crippen molar-refractivity contribution in [1.82, 2.24) is 0 Å². The zero-order valence-electron chi connectivity index (χ0n) is 16.4. The number of unbranched alkanes of at least 4 members (excludes halogenated alkanes) is 1. The molecule has 0 radical (unpaired) electrons. The van der Waals surface area contributed by atoms with Crippen LogP contribution in [0.5, 0.6) is 0 Å². The Hall–Kier alpha value is -1.75. The summed E-state index contributed by atoms with van der Waals surface area (Å²) in [6.07, 6.45) is 6.87. The molecular formula is C23H32O4. The lowest BCUT2D eigenvalue weighted by atomic mass is 9.90. The number of carbonyl (C=O) groups is 1. The Balaban J connectivity index is 1.91. The van der Waals surface area contributed by atoms with Crippen LogP contribution in [0, 0.1) is 47.4 Å². The Morgan fingerprint density at radius 3 is 2.81 bits per heavy atom. The number of aliphatic hydroxyl groups is 2. The van der Waals surface area contributed by atoms with Crippen molar-refractivity contribution in [3.63, 3.8) is 0 Å². The van der Waals surface area contributed by atoms with Crippen molar-refractivity contribution in [1.29, 1.82) is 0 Å². The molecule has 0 unspecified atom stereocenters. The van der Waals surface area contributed by atoms with Crippen LogP contribution in [-0.2, 0) is 4.79 Å². The molecule has 0 aromatic heterocycles. The number of hydrogen-bond acceptors (Lipinski definition) is 3. The Bertz CT molecular complexity index is 657. The molecule has 2 aliphatic carbocycles. The van der Waals surface area contributed by atoms with Crippen LogP contribution < -0.4 is 0 Å². The maximum atomic E-state index is 10.6. The first-order chi connectivity index (χ1) is 12.9. The van der Waals surface area contributed by atoms with Gasteiger partial charge in [0.05, 0.1) is 6.10 Å². The molecule has 0 bridgehead atoms. The first-order valence-electron chi connectivity index (χ1n) is 10.1. The summed E-state index contributed by atoms with van der Waals surface area (Å²) in [5, 5.41) is 29.4. The molecule has 0 heterocycles. The summed E-state index contributed by atoms with van der Waals surface area (Å²) in [7, 11) is 0. The minimum absolute atomic E-state index is 0.000775. The molecule has 0 spiro atoms. The zero-order chi connectivity index (χ0) is 19.8. The van der Waals surface area contributed by atoms with Gasteiger partial charge in [-0.1, -0.05) is 37.3 Å². The molecule has 27 heavy (non-hydrogen) atoms. The molecular weight excluding hydrogens is 340 g/mol. The van der Waals surface area contributed by atoms with E-state index in [1.807, 2.05) is 13.8 Å². The van der Waals surface area contributed by atoms with Crippen LogP contribution in [0.25, 0.3) is 0 Å². The molecule has 3 N–H and O–H groups in total. The van der Waals surface area contributed by atoms with Gasteiger partial charge in [0.15, 0.2) is 0 Å². The Morgan fingerprint density at radius 1 is 1.33 bits per heavy atom. The van der Waals surface area contributed by atoms with Gasteiger partial charge in [-0.25, -0.2) is 0 Å². The number of rotatable bonds is 6. The standard InChI is InChI=1S/C23H32O4/c1-3-4-5-8-16(2)21(24)12-11-19-20-14-17(9-6-7-10-23(26)27)13-18(20)15-22(19)25/h9,16,18-22,24-25H,3,6-8,10,13-15H2,1-2H3,(H,26,27)/b17-9+/t16-,18-,19+,20-,21+,22+/m0/s1. The van der Waals surface area contributed by atoms with Crippen molar-refractivity contribution < 1.29 is 20.1 Å². The average Bonchev–Trinajstić information content (AvgIpc) is 3.13. The summed E-state index contributed by atoms with van der Waals surface area (Å²) in [6, 6.07) is 0. The van der Waals surface area contributed by atoms with Gasteiger partial charge in [-0.05, 0) is 43.9 Å². The molecule has 2 saturated carbocycles. The first kappa shape index (κ1) is 21.5. The van der Waals surface area contributed by atoms with Crippen LogP contribution in [0.2, 0.25) is 0 Å². The molecule has 0 aliphatic heterocycles. The van der Waals surface area contributed by atoms with Gasteiger partial charge >= 0.3 is 5.97 Å². The fourth-order valence-corrected chi connectivity index (χ4v) is 4.18. The van der Waals surface area contributed by atoms with Crippen molar-refractivity contribution >= 4 is 5.97 Å². The van der Waals surface area contributed by atoms with Gasteiger partial charge in [-0.3, -0.25) is 4.79 Å². The van der Waals surface area contributed by atoms with Gasteiger partial charge in [0.25, 0.3) is 0 Å². The number of hydrogen-bond donors (Lipinski definition) is 3. The van der Waals surface area contributed by atoms with E-state index in [0.29, 0.717) is 24.7 Å². The van der Waals surface area contributed by atoms with E-state index in [-0.39, 0.29) is 18.3 Å². The van der Waals surface area contributed by atoms with E-state index in [1.54, 1.807) is 0 Å². The number of allylic oxidation sites excluding steroid dienone is 2. The van der Waals surface area contributed by atoms with Crippen LogP contribution in [0.1, 0.15) is 65.2 Å². The molecule has 0 saturated heterocycles. The monoisotopic (exact) mass is 372 g/mol. The maximum Gasteiger partial charge on any atom is 0.303 e. The maximum absolute atomic E-state index is 10.6. The zero-order valence-corrected chi connectivity index (χ0v) is 16.4. The summed E-state index contributed by atoms with van der Waals surface area (Å²) < 4.78 is 0. The summed E-state index contributed by atoms with van der Waals surface area (Å²) in [5.74, 6) is 12.2. The summed E-state index contributed by atoms with van der Waals surface area (Å²) in [5.41, 5.74) is 1.37. The van der Waals surface area contributed by atoms with Crippen molar-refractivity contribution in [2.24, 2.45) is 23.7 Å². The lowest BCUT2D eigenvalue weighted by Gasteiger charge is -2.16. The topological polar surface area (TPSA) is 77.8 Å². The lowest BCUT2D eigenvalue weighted by molar-refractivity contribution is -0.137. The largest absolute Gasteiger partial charge is 0.481 e. The third kappa shape index (κ3) is 6.42. The summed E-state index contributed by atoms with van der Waals surface area (Å²) >= 11 is 0. The Kier molecular flexibility index (Phi) is 8.42. The smallest absolute Gasteiger partial charge is 0.303 e. The second-order valence-corrected chi connectivity index (χ2v) is 7.93. The Morgan fingerprint density at radius 2 is 2.11 bits per heavy atom. The molecule has 148 valence electrons. The molecule has 4 nitrogen and oxygen atoms in total. The molecule has 2 fully saturated rings. The number of aliphatic carboxylic acids is 1. The average molecular weight is 373 g/mol. The number of fused-ring (bicyclic) bond motifs is 1. The third-order valence-corrected chi connectivity index (χ3v) is 5.74. The molecule has 2 rings (SSSR count). The van der Waals surface area contributed by atoms with Crippen LogP contribution >= 0.6 is 0 Å². The van der Waals surface area contributed by atoms with E-state index < -0.39 is 18.2 Å². The number of carboxylic acids is 1. The fourth-order valence-electron chi connectivity index (χ4n) is 4.18. The third-order valence-electron chi connectivity index (χ3n) is 5.74. The van der Waals surface area contributed by atoms with Gasteiger partial charge in [0.1, 0.15) is 6.10 Å². The van der Waals surface area contributed by atoms with Gasteiger partial charge in [-0.15, -0.1) is 11.8 Å². The van der Waals surface area contributed by atoms with Gasteiger partial charge in [0, 0.05) is 31.1 Å². The SMILES string of the molecule is CCC#CC[C@H](C)[C@H](O)C#C[C@@H]1[C@H]2C/C(=C/CCCC(=O)O)C[C@H]2C[C@H]1O. The first-order valence-corrected chi connectivity index (χ1v) is 10.1. The predicted octanol–water partition coefficient (Wildman–Crippen LogP) is 3.38. The quantitative estimate of drug-likeness (QED) is 0.379. The van der Waals surface area contributed by atoms with Crippen molar-refractivity contribution in [2.45, 2.75) is 77.4 Å².